The van der Waals surface area contributed by atoms with Crippen molar-refractivity contribution in [3.63, 3.8) is 0 Å². The molecule has 0 N–H and O–H groups in total. The van der Waals surface area contributed by atoms with E-state index in [4.69, 9.17) is 11.6 Å². The lowest BCUT2D eigenvalue weighted by Gasteiger charge is -2.42. The first-order valence-corrected chi connectivity index (χ1v) is 8.68. The van der Waals surface area contributed by atoms with Gasteiger partial charge in [-0.3, -0.25) is 4.79 Å². The number of likely N-dealkylation sites (tertiary alicyclic amines) is 1. The molecule has 6 heteroatoms. The zero-order chi connectivity index (χ0) is 17.4. The molecule has 0 radical (unpaired) electrons. The Hall–Kier alpha value is -1.88. The molecule has 5 nitrogen and oxygen atoms in total. The van der Waals surface area contributed by atoms with E-state index in [1.807, 2.05) is 47.7 Å². The van der Waals surface area contributed by atoms with Crippen LogP contribution in [-0.2, 0) is 4.79 Å². The smallest absolute Gasteiger partial charge is 0.230 e. The average Bonchev–Trinajstić information content (AvgIpc) is 2.76. The monoisotopic (exact) mass is 346 g/mol. The van der Waals surface area contributed by atoms with Crippen LogP contribution < -0.4 is 0 Å². The molecular formula is C18H23ClN4O. The number of hydrogen-bond donors (Lipinski definition) is 0. The van der Waals surface area contributed by atoms with Crippen molar-refractivity contribution in [2.45, 2.75) is 39.7 Å². The molecule has 3 rings (SSSR count). The Balaban J connectivity index is 1.73. The molecule has 1 amide bonds. The molecule has 1 saturated heterocycles. The number of carbonyl (C=O) groups is 1. The van der Waals surface area contributed by atoms with Crippen LogP contribution in [0.5, 0.6) is 0 Å². The van der Waals surface area contributed by atoms with Crippen LogP contribution in [0.3, 0.4) is 0 Å². The number of carbonyl (C=O) groups excluding carboxylic acids is 1. The largest absolute Gasteiger partial charge is 0.338 e. The lowest BCUT2D eigenvalue weighted by atomic mass is 9.86. The first-order chi connectivity index (χ1) is 11.4. The van der Waals surface area contributed by atoms with Crippen LogP contribution in [0.25, 0.3) is 0 Å². The third-order valence-corrected chi connectivity index (χ3v) is 4.80. The number of amides is 1. The number of hydrogen-bond acceptors (Lipinski definition) is 3. The third-order valence-electron chi connectivity index (χ3n) is 4.57. The van der Waals surface area contributed by atoms with Crippen molar-refractivity contribution in [3.05, 3.63) is 46.5 Å². The van der Waals surface area contributed by atoms with E-state index in [1.54, 1.807) is 0 Å². The quantitative estimate of drug-likeness (QED) is 0.852. The van der Waals surface area contributed by atoms with Gasteiger partial charge in [0.15, 0.2) is 0 Å². The Morgan fingerprint density at radius 3 is 2.54 bits per heavy atom. The molecule has 1 atom stereocenters. The molecule has 1 unspecified atom stereocenters. The summed E-state index contributed by atoms with van der Waals surface area (Å²) in [6, 6.07) is 7.84. The molecule has 0 saturated carbocycles. The van der Waals surface area contributed by atoms with Crippen molar-refractivity contribution in [1.82, 2.24) is 19.7 Å². The lowest BCUT2D eigenvalue weighted by Crippen LogP contribution is -2.53. The fourth-order valence-electron chi connectivity index (χ4n) is 3.38. The highest BCUT2D eigenvalue weighted by Gasteiger charge is 2.38. The zero-order valence-corrected chi connectivity index (χ0v) is 15.3. The van der Waals surface area contributed by atoms with Crippen molar-refractivity contribution in [2.75, 3.05) is 13.1 Å². The maximum Gasteiger partial charge on any atom is 0.230 e. The molecule has 1 aliphatic heterocycles. The highest BCUT2D eigenvalue weighted by molar-refractivity contribution is 6.30. The standard InChI is InChI=1S/C18H23ClN4O/c1-11(2)17(14-6-5-7-15(19)8-14)18(24)22-9-16(10-22)23-13(4)20-12(3)21-23/h5-8,11,16-17H,9-10H2,1-4H3. The highest BCUT2D eigenvalue weighted by Crippen LogP contribution is 2.32. The van der Waals surface area contributed by atoms with E-state index >= 15 is 0 Å². The van der Waals surface area contributed by atoms with Crippen LogP contribution in [0.15, 0.2) is 24.3 Å². The van der Waals surface area contributed by atoms with Gasteiger partial charge in [-0.2, -0.15) is 5.10 Å². The summed E-state index contributed by atoms with van der Waals surface area (Å²) in [5.74, 6) is 1.89. The molecule has 24 heavy (non-hydrogen) atoms. The second-order valence-electron chi connectivity index (χ2n) is 6.82. The second-order valence-corrected chi connectivity index (χ2v) is 7.26. The Morgan fingerprint density at radius 2 is 2.00 bits per heavy atom. The van der Waals surface area contributed by atoms with Gasteiger partial charge < -0.3 is 4.90 Å². The molecule has 1 fully saturated rings. The van der Waals surface area contributed by atoms with E-state index in [0.29, 0.717) is 18.1 Å². The van der Waals surface area contributed by atoms with Crippen LogP contribution in [0.4, 0.5) is 0 Å². The Morgan fingerprint density at radius 1 is 1.29 bits per heavy atom. The van der Waals surface area contributed by atoms with Crippen molar-refractivity contribution in [3.8, 4) is 0 Å². The molecular weight excluding hydrogens is 324 g/mol. The minimum absolute atomic E-state index is 0.164. The van der Waals surface area contributed by atoms with Gasteiger partial charge in [-0.25, -0.2) is 9.67 Å². The average molecular weight is 347 g/mol. The van der Waals surface area contributed by atoms with Gasteiger partial charge >= 0.3 is 0 Å². The van der Waals surface area contributed by atoms with E-state index in [-0.39, 0.29) is 23.8 Å². The van der Waals surface area contributed by atoms with Crippen molar-refractivity contribution in [1.29, 1.82) is 0 Å². The van der Waals surface area contributed by atoms with Gasteiger partial charge in [0.25, 0.3) is 0 Å². The normalized spacial score (nSPS) is 16.3. The van der Waals surface area contributed by atoms with E-state index < -0.39 is 0 Å². The topological polar surface area (TPSA) is 51.0 Å². The van der Waals surface area contributed by atoms with Crippen molar-refractivity contribution >= 4 is 17.5 Å². The van der Waals surface area contributed by atoms with E-state index in [0.717, 1.165) is 17.2 Å². The molecule has 1 aromatic carbocycles. The second kappa shape index (κ2) is 6.55. The summed E-state index contributed by atoms with van der Waals surface area (Å²) in [7, 11) is 0. The molecule has 2 aromatic rings. The summed E-state index contributed by atoms with van der Waals surface area (Å²) in [5.41, 5.74) is 0.985. The number of aryl methyl sites for hydroxylation is 2. The number of aromatic nitrogens is 3. The first-order valence-electron chi connectivity index (χ1n) is 8.31. The Kier molecular flexibility index (Phi) is 4.63. The Labute approximate surface area is 147 Å². The van der Waals surface area contributed by atoms with Crippen LogP contribution in [0, 0.1) is 19.8 Å². The number of nitrogens with zero attached hydrogens (tertiary/aromatic N) is 4. The van der Waals surface area contributed by atoms with Crippen molar-refractivity contribution in [2.24, 2.45) is 5.92 Å². The third kappa shape index (κ3) is 3.18. The number of benzene rings is 1. The molecule has 0 aliphatic carbocycles. The van der Waals surface area contributed by atoms with E-state index in [1.165, 1.54) is 0 Å². The maximum absolute atomic E-state index is 13.0. The van der Waals surface area contributed by atoms with Crippen LogP contribution in [-0.4, -0.2) is 38.7 Å². The van der Waals surface area contributed by atoms with Crippen LogP contribution in [0.2, 0.25) is 5.02 Å². The molecule has 0 bridgehead atoms. The minimum atomic E-state index is -0.164. The first kappa shape index (κ1) is 17.0. The number of rotatable bonds is 4. The SMILES string of the molecule is Cc1nc(C)n(C2CN(C(=O)C(c3cccc(Cl)c3)C(C)C)C2)n1. The number of halogens is 1. The maximum atomic E-state index is 13.0. The summed E-state index contributed by atoms with van der Waals surface area (Å²) < 4.78 is 1.93. The van der Waals surface area contributed by atoms with Gasteiger partial charge in [0.2, 0.25) is 5.91 Å². The Bertz CT molecular complexity index is 749. The van der Waals surface area contributed by atoms with E-state index in [9.17, 15) is 4.79 Å². The van der Waals surface area contributed by atoms with Gasteiger partial charge in [-0.05, 0) is 37.5 Å². The summed E-state index contributed by atoms with van der Waals surface area (Å²) in [4.78, 5) is 19.2. The fourth-order valence-corrected chi connectivity index (χ4v) is 3.58. The minimum Gasteiger partial charge on any atom is -0.338 e. The summed E-state index contributed by atoms with van der Waals surface area (Å²) in [6.45, 7) is 9.36. The summed E-state index contributed by atoms with van der Waals surface area (Å²) in [6.07, 6.45) is 0. The molecule has 0 spiro atoms. The van der Waals surface area contributed by atoms with Crippen molar-refractivity contribution < 1.29 is 4.79 Å². The van der Waals surface area contributed by atoms with Gasteiger partial charge in [-0.1, -0.05) is 37.6 Å². The van der Waals surface area contributed by atoms with Gasteiger partial charge in [0.05, 0.1) is 12.0 Å². The van der Waals surface area contributed by atoms with Crippen LogP contribution in [0.1, 0.15) is 43.0 Å². The van der Waals surface area contributed by atoms with Crippen LogP contribution >= 0.6 is 11.6 Å². The fraction of sp³-hybridized carbons (Fsp3) is 0.500. The van der Waals surface area contributed by atoms with Gasteiger partial charge in [-0.15, -0.1) is 0 Å². The predicted molar refractivity (Wildman–Crippen MR) is 94.1 cm³/mol. The predicted octanol–water partition coefficient (Wildman–Crippen LogP) is 3.37. The van der Waals surface area contributed by atoms with Gasteiger partial charge in [0, 0.05) is 18.1 Å². The molecule has 128 valence electrons. The summed E-state index contributed by atoms with van der Waals surface area (Å²) >= 11 is 6.11. The highest BCUT2D eigenvalue weighted by atomic mass is 35.5. The summed E-state index contributed by atoms with van der Waals surface area (Å²) in [5, 5.41) is 5.09. The molecule has 1 aliphatic rings. The molecule has 2 heterocycles. The molecule has 1 aromatic heterocycles. The van der Waals surface area contributed by atoms with E-state index in [2.05, 4.69) is 23.9 Å². The zero-order valence-electron chi connectivity index (χ0n) is 14.5. The lowest BCUT2D eigenvalue weighted by molar-refractivity contribution is -0.140. The van der Waals surface area contributed by atoms with Gasteiger partial charge in [0.1, 0.15) is 11.6 Å².